The van der Waals surface area contributed by atoms with E-state index in [-0.39, 0.29) is 11.1 Å². The van der Waals surface area contributed by atoms with Crippen LogP contribution in [-0.4, -0.2) is 4.98 Å². The van der Waals surface area contributed by atoms with Crippen LogP contribution in [0, 0.1) is 6.57 Å². The number of nitrogen functional groups attached to an aromatic ring is 1. The lowest BCUT2D eigenvalue weighted by atomic mass is 9.99. The molecule has 0 fully saturated rings. The van der Waals surface area contributed by atoms with Gasteiger partial charge in [0.1, 0.15) is 11.6 Å². The molecule has 1 atom stereocenters. The minimum absolute atomic E-state index is 0.203. The number of nitrogens with two attached hydrogens (primary N) is 1. The predicted molar refractivity (Wildman–Crippen MR) is 120 cm³/mol. The van der Waals surface area contributed by atoms with Gasteiger partial charge in [0.05, 0.1) is 28.6 Å². The van der Waals surface area contributed by atoms with Gasteiger partial charge >= 0.3 is 0 Å². The Bertz CT molecular complexity index is 1340. The largest absolute Gasteiger partial charge is 0.454 e. The first-order chi connectivity index (χ1) is 14.5. The first-order valence-electron chi connectivity index (χ1n) is 9.20. The van der Waals surface area contributed by atoms with Crippen LogP contribution in [0.4, 0.5) is 17.2 Å². The van der Waals surface area contributed by atoms with Crippen molar-refractivity contribution in [2.45, 2.75) is 13.0 Å². The number of benzene rings is 2. The molecule has 30 heavy (non-hydrogen) atoms. The zero-order chi connectivity index (χ0) is 21.3. The summed E-state index contributed by atoms with van der Waals surface area (Å²) in [6.07, 6.45) is 1.51. The summed E-state index contributed by atoms with van der Waals surface area (Å²) in [6.45, 7) is 9.21. The smallest absolute Gasteiger partial charge is 0.250 e. The summed E-state index contributed by atoms with van der Waals surface area (Å²) < 4.78 is 6.15. The van der Waals surface area contributed by atoms with E-state index in [0.717, 1.165) is 5.56 Å². The zero-order valence-electron chi connectivity index (χ0n) is 16.0. The van der Waals surface area contributed by atoms with Crippen molar-refractivity contribution in [2.24, 2.45) is 0 Å². The van der Waals surface area contributed by atoms with Crippen LogP contribution in [0.1, 0.15) is 18.5 Å². The van der Waals surface area contributed by atoms with Crippen LogP contribution in [0.15, 0.2) is 70.0 Å². The summed E-state index contributed by atoms with van der Waals surface area (Å²) in [6, 6.07) is 15.5. The topological polar surface area (TPSA) is 85.5 Å². The minimum atomic E-state index is -0.519. The fourth-order valence-corrected chi connectivity index (χ4v) is 3.58. The Morgan fingerprint density at radius 1 is 1.17 bits per heavy atom. The Morgan fingerprint density at radius 3 is 2.67 bits per heavy atom. The number of fused-ring (bicyclic) bond motifs is 1. The highest BCUT2D eigenvalue weighted by molar-refractivity contribution is 6.34. The van der Waals surface area contributed by atoms with Crippen molar-refractivity contribution < 1.29 is 4.42 Å². The molecule has 4 rings (SSSR count). The van der Waals surface area contributed by atoms with E-state index in [1.165, 1.54) is 6.20 Å². The number of halogens is 1. The molecule has 2 aromatic heterocycles. The summed E-state index contributed by atoms with van der Waals surface area (Å²) in [5, 5.41) is 3.90. The van der Waals surface area contributed by atoms with Crippen molar-refractivity contribution >= 4 is 39.8 Å². The molecule has 0 aliphatic heterocycles. The molecule has 0 saturated carbocycles. The molecule has 0 radical (unpaired) electrons. The third-order valence-electron chi connectivity index (χ3n) is 4.79. The second-order valence-corrected chi connectivity index (χ2v) is 7.14. The molecule has 3 N–H and O–H groups in total. The minimum Gasteiger partial charge on any atom is -0.454 e. The maximum Gasteiger partial charge on any atom is 0.250 e. The summed E-state index contributed by atoms with van der Waals surface area (Å²) in [4.78, 5) is 21.2. The molecule has 0 amide bonds. The average Bonchev–Trinajstić information content (AvgIpc) is 2.75. The van der Waals surface area contributed by atoms with Gasteiger partial charge in [-0.05, 0) is 25.1 Å². The van der Waals surface area contributed by atoms with Gasteiger partial charge < -0.3 is 15.5 Å². The molecular formula is C23H17ClN4O2. The van der Waals surface area contributed by atoms with Gasteiger partial charge in [0.25, 0.3) is 0 Å². The van der Waals surface area contributed by atoms with E-state index in [1.807, 2.05) is 37.3 Å². The van der Waals surface area contributed by atoms with E-state index >= 15 is 0 Å². The first-order valence-corrected chi connectivity index (χ1v) is 9.58. The highest BCUT2D eigenvalue weighted by Gasteiger charge is 2.23. The maximum atomic E-state index is 13.5. The van der Waals surface area contributed by atoms with Gasteiger partial charge in [-0.15, -0.1) is 0 Å². The molecule has 0 spiro atoms. The highest BCUT2D eigenvalue weighted by atomic mass is 35.5. The number of anilines is 2. The molecule has 0 saturated heterocycles. The number of para-hydroxylation sites is 1. The second-order valence-electron chi connectivity index (χ2n) is 6.73. The zero-order valence-corrected chi connectivity index (χ0v) is 16.8. The molecule has 2 aromatic carbocycles. The normalized spacial score (nSPS) is 11.8. The Balaban J connectivity index is 1.94. The third kappa shape index (κ3) is 3.36. The van der Waals surface area contributed by atoms with Crippen LogP contribution < -0.4 is 16.5 Å². The van der Waals surface area contributed by atoms with Crippen LogP contribution >= 0.6 is 11.6 Å². The van der Waals surface area contributed by atoms with E-state index in [1.54, 1.807) is 24.3 Å². The molecule has 148 valence electrons. The number of hydrogen-bond donors (Lipinski definition) is 2. The van der Waals surface area contributed by atoms with Crippen molar-refractivity contribution in [3.63, 3.8) is 0 Å². The number of nitrogens with one attached hydrogen (secondary N) is 1. The Morgan fingerprint density at radius 2 is 1.93 bits per heavy atom. The van der Waals surface area contributed by atoms with E-state index < -0.39 is 6.04 Å². The quantitative estimate of drug-likeness (QED) is 0.410. The van der Waals surface area contributed by atoms with Gasteiger partial charge in [0, 0.05) is 17.4 Å². The SMILES string of the molecule is [C-]#[N+]c1c(N)ccnc1NC(C)c1c(-c2ccccc2)oc2c(Cl)cccc2c1=O. The van der Waals surface area contributed by atoms with Crippen molar-refractivity contribution in [3.8, 4) is 11.3 Å². The van der Waals surface area contributed by atoms with Crippen molar-refractivity contribution in [1.29, 1.82) is 0 Å². The molecule has 0 aliphatic carbocycles. The first kappa shape index (κ1) is 19.5. The number of aromatic nitrogens is 1. The Kier molecular flexibility index (Phi) is 5.13. The fourth-order valence-electron chi connectivity index (χ4n) is 3.36. The van der Waals surface area contributed by atoms with Gasteiger partial charge in [-0.25, -0.2) is 4.85 Å². The van der Waals surface area contributed by atoms with Crippen LogP contribution in [0.2, 0.25) is 5.02 Å². The van der Waals surface area contributed by atoms with Crippen LogP contribution in [0.25, 0.3) is 27.1 Å². The van der Waals surface area contributed by atoms with Crippen molar-refractivity contribution in [1.82, 2.24) is 4.98 Å². The van der Waals surface area contributed by atoms with Crippen molar-refractivity contribution in [2.75, 3.05) is 11.1 Å². The van der Waals surface area contributed by atoms with E-state index in [2.05, 4.69) is 15.1 Å². The second kappa shape index (κ2) is 7.90. The number of hydrogen-bond acceptors (Lipinski definition) is 5. The average molecular weight is 417 g/mol. The predicted octanol–water partition coefficient (Wildman–Crippen LogP) is 5.81. The van der Waals surface area contributed by atoms with E-state index in [0.29, 0.717) is 38.8 Å². The molecule has 1 unspecified atom stereocenters. The van der Waals surface area contributed by atoms with E-state index in [4.69, 9.17) is 28.3 Å². The summed E-state index contributed by atoms with van der Waals surface area (Å²) in [5.74, 6) is 0.719. The Labute approximate surface area is 177 Å². The number of nitrogens with zero attached hydrogens (tertiary/aromatic N) is 2. The standard InChI is InChI=1S/C23H17ClN4O2/c1-13(28-23-19(26-2)17(25)11-12-27-23)18-20(29)15-9-6-10-16(24)22(15)30-21(18)14-7-4-3-5-8-14/h3-13H,1H3,(H3,25,27,28). The van der Waals surface area contributed by atoms with Crippen molar-refractivity contribution in [3.05, 3.63) is 93.0 Å². The van der Waals surface area contributed by atoms with Crippen LogP contribution in [-0.2, 0) is 0 Å². The molecule has 6 nitrogen and oxygen atoms in total. The summed E-state index contributed by atoms with van der Waals surface area (Å²) >= 11 is 6.30. The molecule has 0 aliphatic rings. The van der Waals surface area contributed by atoms with E-state index in [9.17, 15) is 4.79 Å². The van der Waals surface area contributed by atoms with Gasteiger partial charge in [0.15, 0.2) is 11.0 Å². The molecule has 0 bridgehead atoms. The molecule has 2 heterocycles. The Hall–Kier alpha value is -3.82. The number of pyridine rings is 1. The van der Waals surface area contributed by atoms with Gasteiger partial charge in [-0.3, -0.25) is 9.78 Å². The lowest BCUT2D eigenvalue weighted by Gasteiger charge is -2.19. The van der Waals surface area contributed by atoms with Crippen LogP contribution in [0.3, 0.4) is 0 Å². The lowest BCUT2D eigenvalue weighted by Crippen LogP contribution is -2.19. The summed E-state index contributed by atoms with van der Waals surface area (Å²) in [5.41, 5.74) is 7.71. The van der Waals surface area contributed by atoms with Gasteiger partial charge in [0.2, 0.25) is 5.69 Å². The number of rotatable bonds is 4. The monoisotopic (exact) mass is 416 g/mol. The van der Waals surface area contributed by atoms with Gasteiger partial charge in [-0.1, -0.05) is 48.0 Å². The highest BCUT2D eigenvalue weighted by Crippen LogP contribution is 2.35. The molecule has 7 heteroatoms. The lowest BCUT2D eigenvalue weighted by molar-refractivity contribution is 0.604. The maximum absolute atomic E-state index is 13.5. The third-order valence-corrected chi connectivity index (χ3v) is 5.09. The van der Waals surface area contributed by atoms with Crippen LogP contribution in [0.5, 0.6) is 0 Å². The fraction of sp³-hybridized carbons (Fsp3) is 0.0870. The van der Waals surface area contributed by atoms with Gasteiger partial charge in [-0.2, -0.15) is 0 Å². The summed E-state index contributed by atoms with van der Waals surface area (Å²) in [7, 11) is 0. The molecular weight excluding hydrogens is 400 g/mol. The molecule has 4 aromatic rings.